The molecule has 8 N–H and O–H groups in total. The van der Waals surface area contributed by atoms with Crippen molar-refractivity contribution >= 4 is 35.8 Å². The van der Waals surface area contributed by atoms with E-state index in [-0.39, 0.29) is 31.1 Å². The molecule has 4 rings (SSSR count). The third-order valence-corrected chi connectivity index (χ3v) is 13.8. The third kappa shape index (κ3) is 17.2. The molecule has 2 aliphatic rings. The molecule has 8 atom stereocenters. The van der Waals surface area contributed by atoms with Gasteiger partial charge in [0.15, 0.2) is 0 Å². The second-order valence-electron chi connectivity index (χ2n) is 23.1. The summed E-state index contributed by atoms with van der Waals surface area (Å²) in [6, 6.07) is 8.90. The van der Waals surface area contributed by atoms with Crippen LogP contribution in [0, 0.1) is 23.7 Å². The number of hydrogen-bond acceptors (Lipinski definition) is 13. The van der Waals surface area contributed by atoms with E-state index in [0.29, 0.717) is 40.2 Å². The minimum Gasteiger partial charge on any atom is -0.443 e. The molecule has 2 saturated carbocycles. The van der Waals surface area contributed by atoms with Crippen LogP contribution in [0.2, 0.25) is 0 Å². The highest BCUT2D eigenvalue weighted by Crippen LogP contribution is 2.35. The number of nitrogens with two attached hydrogens (primary N) is 3. The number of aliphatic hydroxyl groups is 2. The number of benzene rings is 2. The Morgan fingerprint density at radius 1 is 0.528 bits per heavy atom. The van der Waals surface area contributed by atoms with Gasteiger partial charge in [-0.05, 0) is 102 Å². The van der Waals surface area contributed by atoms with E-state index in [4.69, 9.17) is 26.7 Å². The summed E-state index contributed by atoms with van der Waals surface area (Å²) in [6.07, 6.45) is 3.28. The lowest BCUT2D eigenvalue weighted by Crippen LogP contribution is -2.68. The fourth-order valence-corrected chi connectivity index (χ4v) is 10.3. The van der Waals surface area contributed by atoms with Gasteiger partial charge in [0.25, 0.3) is 11.8 Å². The Kier molecular flexibility index (Phi) is 22.4. The van der Waals surface area contributed by atoms with Crippen LogP contribution in [0.25, 0.3) is 0 Å². The summed E-state index contributed by atoms with van der Waals surface area (Å²) in [4.78, 5) is 93.9. The first-order valence-corrected chi connectivity index (χ1v) is 26.4. The van der Waals surface area contributed by atoms with Gasteiger partial charge >= 0.3 is 12.2 Å². The minimum absolute atomic E-state index is 0.0106. The monoisotopic (exact) mass is 1000 g/mol. The van der Waals surface area contributed by atoms with Crippen molar-refractivity contribution in [3.8, 4) is 0 Å². The summed E-state index contributed by atoms with van der Waals surface area (Å²) in [5.74, 6) is -6.02. The summed E-state index contributed by atoms with van der Waals surface area (Å²) < 4.78 is 11.7. The second-order valence-corrected chi connectivity index (χ2v) is 23.1. The Hall–Kier alpha value is -4.74. The fraction of sp³-hybridized carbons (Fsp3) is 0.679. The van der Waals surface area contributed by atoms with Crippen molar-refractivity contribution in [3.05, 3.63) is 71.8 Å². The van der Waals surface area contributed by atoms with Crippen molar-refractivity contribution < 1.29 is 48.5 Å². The van der Waals surface area contributed by atoms with Crippen LogP contribution in [0.15, 0.2) is 60.7 Å². The van der Waals surface area contributed by atoms with Gasteiger partial charge in [-0.25, -0.2) is 19.4 Å². The second kappa shape index (κ2) is 27.0. The molecule has 402 valence electrons. The third-order valence-electron chi connectivity index (χ3n) is 13.8. The maximum absolute atomic E-state index is 16.3. The highest BCUT2D eigenvalue weighted by molar-refractivity contribution is 6.08. The van der Waals surface area contributed by atoms with Crippen LogP contribution in [0.3, 0.4) is 0 Å². The number of carbonyl (C=O) groups is 6. The van der Waals surface area contributed by atoms with E-state index in [1.165, 1.54) is 0 Å². The zero-order valence-corrected chi connectivity index (χ0v) is 44.8. The maximum Gasteiger partial charge on any atom is 0.417 e. The number of ether oxygens (including phenoxy) is 2. The largest absolute Gasteiger partial charge is 0.443 e. The molecule has 0 aromatic heterocycles. The zero-order chi connectivity index (χ0) is 53.7. The predicted octanol–water partition coefficient (Wildman–Crippen LogP) is 7.42. The van der Waals surface area contributed by atoms with Crippen LogP contribution in [0.5, 0.6) is 0 Å². The molecule has 2 aromatic rings. The van der Waals surface area contributed by atoms with E-state index in [0.717, 1.165) is 56.3 Å². The average Bonchev–Trinajstić information content (AvgIpc) is 3.30. The van der Waals surface area contributed by atoms with Gasteiger partial charge in [0, 0.05) is 6.04 Å². The van der Waals surface area contributed by atoms with Gasteiger partial charge in [-0.1, -0.05) is 153 Å². The Morgan fingerprint density at radius 2 is 0.875 bits per heavy atom. The molecule has 72 heavy (non-hydrogen) atoms. The Bertz CT molecular complexity index is 1950. The van der Waals surface area contributed by atoms with Crippen molar-refractivity contribution in [2.75, 3.05) is 0 Å². The number of imide groups is 3. The van der Waals surface area contributed by atoms with Gasteiger partial charge in [-0.2, -0.15) is 0 Å². The predicted molar refractivity (Wildman–Crippen MR) is 278 cm³/mol. The van der Waals surface area contributed by atoms with Crippen molar-refractivity contribution in [2.24, 2.45) is 40.9 Å². The quantitative estimate of drug-likeness (QED) is 0.0868. The van der Waals surface area contributed by atoms with Gasteiger partial charge in [-0.3, -0.25) is 24.1 Å². The highest BCUT2D eigenvalue weighted by atomic mass is 16.6. The number of aliphatic hydroxyl groups excluding tert-OH is 2. The van der Waals surface area contributed by atoms with Crippen molar-refractivity contribution in [2.45, 2.75) is 219 Å². The normalized spacial score (nSPS) is 18.5. The van der Waals surface area contributed by atoms with Crippen molar-refractivity contribution in [3.63, 3.8) is 0 Å². The van der Waals surface area contributed by atoms with Crippen LogP contribution < -0.4 is 17.2 Å². The van der Waals surface area contributed by atoms with Crippen LogP contribution in [0.1, 0.15) is 157 Å². The smallest absolute Gasteiger partial charge is 0.417 e. The molecule has 0 aliphatic heterocycles. The Morgan fingerprint density at radius 3 is 1.21 bits per heavy atom. The first-order chi connectivity index (χ1) is 33.7. The van der Waals surface area contributed by atoms with Crippen molar-refractivity contribution in [1.29, 1.82) is 0 Å². The lowest BCUT2D eigenvalue weighted by molar-refractivity contribution is -0.167. The average molecular weight is 1010 g/mol. The van der Waals surface area contributed by atoms with Gasteiger partial charge < -0.3 is 36.9 Å². The molecular weight excluding hydrogens is 917 g/mol. The van der Waals surface area contributed by atoms with Gasteiger partial charge in [0.05, 0.1) is 24.2 Å². The van der Waals surface area contributed by atoms with E-state index in [9.17, 15) is 29.4 Å². The van der Waals surface area contributed by atoms with E-state index in [1.54, 1.807) is 130 Å². The molecule has 0 radical (unpaired) electrons. The summed E-state index contributed by atoms with van der Waals surface area (Å²) in [5.41, 5.74) is 19.1. The molecule has 16 nitrogen and oxygen atoms in total. The number of amides is 6. The molecule has 2 aliphatic carbocycles. The van der Waals surface area contributed by atoms with Crippen LogP contribution in [0.4, 0.5) is 9.59 Å². The topological polar surface area (TPSA) is 249 Å². The molecule has 2 aromatic carbocycles. The molecule has 0 heterocycles. The fourth-order valence-electron chi connectivity index (χ4n) is 10.3. The number of carbonyl (C=O) groups excluding carboxylic acids is 6. The van der Waals surface area contributed by atoms with E-state index >= 15 is 9.59 Å². The minimum atomic E-state index is -1.86. The molecule has 0 bridgehead atoms. The first-order valence-electron chi connectivity index (χ1n) is 26.4. The molecule has 0 spiro atoms. The highest BCUT2D eigenvalue weighted by Gasteiger charge is 2.52. The van der Waals surface area contributed by atoms with Gasteiger partial charge in [0.1, 0.15) is 29.4 Å². The maximum atomic E-state index is 16.3. The number of rotatable bonds is 20. The van der Waals surface area contributed by atoms with Gasteiger partial charge in [0.2, 0.25) is 11.8 Å². The molecule has 2 fully saturated rings. The SMILES string of the molecule is CC(C)[C@@H](C(=O)N(C(=O)[C@H](C(C)C)N(C(=O)OC(C)(C)C)C(=O)[C@@H](N)Cc1ccccc1)[C@@H](CC1CCCCC1)[C@H](O)[C@@H](O)[C@@H](N)CC1CCCCC1)N(C(=O)OC(C)(C)C)C(=O)[C@@H](N)Cc1ccccc1. The summed E-state index contributed by atoms with van der Waals surface area (Å²) in [5, 5.41) is 25.0. The zero-order valence-electron chi connectivity index (χ0n) is 44.8. The van der Waals surface area contributed by atoms with Gasteiger partial charge in [-0.15, -0.1) is 0 Å². The number of nitrogens with zero attached hydrogens (tertiary/aromatic N) is 3. The number of hydrogen-bond donors (Lipinski definition) is 5. The van der Waals surface area contributed by atoms with Crippen LogP contribution >= 0.6 is 0 Å². The summed E-state index contributed by atoms with van der Waals surface area (Å²) >= 11 is 0. The lowest BCUT2D eigenvalue weighted by atomic mass is 9.79. The van der Waals surface area contributed by atoms with Crippen molar-refractivity contribution in [1.82, 2.24) is 14.7 Å². The molecule has 0 saturated heterocycles. The Balaban J connectivity index is 2.02. The Labute approximate surface area is 429 Å². The molecule has 0 unspecified atom stereocenters. The van der Waals surface area contributed by atoms with E-state index < -0.39 is 107 Å². The van der Waals surface area contributed by atoms with E-state index in [1.807, 2.05) is 0 Å². The molecular formula is C56H88N6O10. The molecule has 16 heteroatoms. The van der Waals surface area contributed by atoms with Crippen LogP contribution in [-0.2, 0) is 41.5 Å². The summed E-state index contributed by atoms with van der Waals surface area (Å²) in [6.45, 7) is 16.0. The first kappa shape index (κ1) is 59.8. The lowest BCUT2D eigenvalue weighted by Gasteiger charge is -2.45. The standard InChI is InChI=1S/C56H88N6O10/c1-35(2)45(61(53(69)71-55(5,6)7)49(65)42(58)32-38-25-17-12-18-26-38)51(67)60(44(34-40-29-21-14-22-30-40)48(64)47(63)41(57)31-37-23-15-11-16-24-37)52(68)46(36(3)4)62(54(70)72-56(8,9)10)50(66)43(59)33-39-27-19-13-20-28-39/h12-13,17-20,25-28,35-37,40-48,63-64H,11,14-16,21-24,29-34,57-59H2,1-10H3/t41-,42-,43-,44-,45-,46-,47-,48-/m0/s1. The van der Waals surface area contributed by atoms with Crippen LogP contribution in [-0.4, -0.2) is 120 Å². The molecule has 6 amide bonds. The summed E-state index contributed by atoms with van der Waals surface area (Å²) in [7, 11) is 0. The van der Waals surface area contributed by atoms with E-state index in [2.05, 4.69) is 0 Å².